The molecule has 0 amide bonds. The Balaban J connectivity index is 0. The summed E-state index contributed by atoms with van der Waals surface area (Å²) >= 11 is 0. The molecular formula is C11H27NO. The predicted molar refractivity (Wildman–Crippen MR) is 59.9 cm³/mol. The van der Waals surface area contributed by atoms with Gasteiger partial charge in [0.25, 0.3) is 0 Å². The second-order valence-electron chi connectivity index (χ2n) is 4.70. The largest absolute Gasteiger partial charge is 0.376 e. The first-order chi connectivity index (χ1) is 5.71. The first-order valence-corrected chi connectivity index (χ1v) is 5.14. The van der Waals surface area contributed by atoms with Crippen molar-refractivity contribution in [3.05, 3.63) is 0 Å². The lowest BCUT2D eigenvalue weighted by Gasteiger charge is -2.23. The van der Waals surface area contributed by atoms with Gasteiger partial charge in [0.15, 0.2) is 0 Å². The van der Waals surface area contributed by atoms with Gasteiger partial charge in [-0.1, -0.05) is 13.8 Å². The van der Waals surface area contributed by atoms with Crippen LogP contribution in [0.3, 0.4) is 0 Å². The van der Waals surface area contributed by atoms with Gasteiger partial charge in [-0.2, -0.15) is 0 Å². The summed E-state index contributed by atoms with van der Waals surface area (Å²) in [5.41, 5.74) is 5.64. The van der Waals surface area contributed by atoms with E-state index in [0.29, 0.717) is 0 Å². The Morgan fingerprint density at radius 2 is 1.38 bits per heavy atom. The van der Waals surface area contributed by atoms with Gasteiger partial charge in [0.2, 0.25) is 0 Å². The molecule has 13 heavy (non-hydrogen) atoms. The fraction of sp³-hybridized carbons (Fsp3) is 1.00. The van der Waals surface area contributed by atoms with Crippen LogP contribution in [0.15, 0.2) is 0 Å². The standard InChI is InChI=1S/C9H21NO.C2H6/c1-8(2,3)11-7-6-9(4,5)10;1-2/h6-7,10H2,1-5H3;1-2H3. The van der Waals surface area contributed by atoms with Gasteiger partial charge in [-0.25, -0.2) is 0 Å². The molecule has 0 saturated heterocycles. The topological polar surface area (TPSA) is 35.2 Å². The first kappa shape index (κ1) is 15.4. The van der Waals surface area contributed by atoms with Crippen molar-refractivity contribution in [3.8, 4) is 0 Å². The van der Waals surface area contributed by atoms with Gasteiger partial charge in [0.05, 0.1) is 5.60 Å². The van der Waals surface area contributed by atoms with E-state index in [-0.39, 0.29) is 11.1 Å². The lowest BCUT2D eigenvalue weighted by Crippen LogP contribution is -2.34. The predicted octanol–water partition coefficient (Wildman–Crippen LogP) is 2.96. The summed E-state index contributed by atoms with van der Waals surface area (Å²) < 4.78 is 5.53. The highest BCUT2D eigenvalue weighted by Crippen LogP contribution is 2.10. The van der Waals surface area contributed by atoms with Crippen molar-refractivity contribution in [1.82, 2.24) is 0 Å². The van der Waals surface area contributed by atoms with Gasteiger partial charge in [0.1, 0.15) is 0 Å². The van der Waals surface area contributed by atoms with Gasteiger partial charge >= 0.3 is 0 Å². The summed E-state index contributed by atoms with van der Waals surface area (Å²) in [6, 6.07) is 0. The minimum absolute atomic E-state index is 0.0365. The van der Waals surface area contributed by atoms with Crippen LogP contribution in [-0.4, -0.2) is 17.7 Å². The molecule has 0 fully saturated rings. The molecule has 0 spiro atoms. The van der Waals surface area contributed by atoms with E-state index in [9.17, 15) is 0 Å². The fourth-order valence-electron chi connectivity index (χ4n) is 0.620. The van der Waals surface area contributed by atoms with Crippen LogP contribution in [0, 0.1) is 0 Å². The maximum absolute atomic E-state index is 5.78. The number of hydrogen-bond donors (Lipinski definition) is 1. The van der Waals surface area contributed by atoms with Crippen molar-refractivity contribution in [3.63, 3.8) is 0 Å². The molecule has 82 valence electrons. The van der Waals surface area contributed by atoms with E-state index in [1.807, 2.05) is 27.7 Å². The highest BCUT2D eigenvalue weighted by molar-refractivity contribution is 4.71. The molecule has 0 aromatic rings. The van der Waals surface area contributed by atoms with Crippen LogP contribution in [0.2, 0.25) is 0 Å². The maximum Gasteiger partial charge on any atom is 0.0598 e. The van der Waals surface area contributed by atoms with Crippen LogP contribution in [0.4, 0.5) is 0 Å². The summed E-state index contributed by atoms with van der Waals surface area (Å²) in [6.07, 6.45) is 0.907. The third-order valence-electron chi connectivity index (χ3n) is 1.28. The zero-order valence-electron chi connectivity index (χ0n) is 10.4. The Bertz CT molecular complexity index is 94.2. The van der Waals surface area contributed by atoms with E-state index in [4.69, 9.17) is 10.5 Å². The van der Waals surface area contributed by atoms with Crippen LogP contribution in [0.1, 0.15) is 54.9 Å². The van der Waals surface area contributed by atoms with Gasteiger partial charge < -0.3 is 10.5 Å². The highest BCUT2D eigenvalue weighted by atomic mass is 16.5. The van der Waals surface area contributed by atoms with Gasteiger partial charge in [0, 0.05) is 12.1 Å². The second kappa shape index (κ2) is 6.39. The Labute approximate surface area is 83.8 Å². The molecule has 0 radical (unpaired) electrons. The van der Waals surface area contributed by atoms with E-state index in [2.05, 4.69) is 20.8 Å². The smallest absolute Gasteiger partial charge is 0.0598 e. The zero-order chi connectivity index (χ0) is 11.1. The normalized spacial score (nSPS) is 12.0. The molecule has 2 N–H and O–H groups in total. The summed E-state index contributed by atoms with van der Waals surface area (Å²) in [7, 11) is 0. The van der Waals surface area contributed by atoms with Crippen LogP contribution in [-0.2, 0) is 4.74 Å². The SMILES string of the molecule is CC.CC(C)(N)CCOC(C)(C)C. The van der Waals surface area contributed by atoms with Crippen molar-refractivity contribution in [1.29, 1.82) is 0 Å². The molecule has 0 aliphatic carbocycles. The summed E-state index contributed by atoms with van der Waals surface area (Å²) in [5.74, 6) is 0. The van der Waals surface area contributed by atoms with E-state index in [1.54, 1.807) is 0 Å². The van der Waals surface area contributed by atoms with E-state index >= 15 is 0 Å². The molecule has 0 aliphatic rings. The Kier molecular flexibility index (Phi) is 7.56. The highest BCUT2D eigenvalue weighted by Gasteiger charge is 2.14. The van der Waals surface area contributed by atoms with Crippen molar-refractivity contribution in [2.24, 2.45) is 5.73 Å². The van der Waals surface area contributed by atoms with Crippen LogP contribution in [0.25, 0.3) is 0 Å². The minimum atomic E-state index is -0.106. The molecule has 0 saturated carbocycles. The maximum atomic E-state index is 5.78. The van der Waals surface area contributed by atoms with Crippen molar-refractivity contribution < 1.29 is 4.74 Å². The molecule has 0 atom stereocenters. The first-order valence-electron chi connectivity index (χ1n) is 5.14. The van der Waals surface area contributed by atoms with Crippen LogP contribution < -0.4 is 5.73 Å². The van der Waals surface area contributed by atoms with Crippen molar-refractivity contribution in [2.75, 3.05) is 6.61 Å². The number of nitrogens with two attached hydrogens (primary N) is 1. The van der Waals surface area contributed by atoms with Crippen LogP contribution in [0.5, 0.6) is 0 Å². The van der Waals surface area contributed by atoms with Gasteiger partial charge in [-0.3, -0.25) is 0 Å². The summed E-state index contributed by atoms with van der Waals surface area (Å²) in [5, 5.41) is 0. The molecule has 0 aromatic heterocycles. The molecule has 0 unspecified atom stereocenters. The van der Waals surface area contributed by atoms with Crippen LogP contribution >= 0.6 is 0 Å². The van der Waals surface area contributed by atoms with Gasteiger partial charge in [-0.15, -0.1) is 0 Å². The van der Waals surface area contributed by atoms with E-state index in [1.165, 1.54) is 0 Å². The summed E-state index contributed by atoms with van der Waals surface area (Å²) in [6.45, 7) is 14.9. The van der Waals surface area contributed by atoms with E-state index in [0.717, 1.165) is 13.0 Å². The Morgan fingerprint density at radius 3 is 1.62 bits per heavy atom. The number of rotatable bonds is 3. The minimum Gasteiger partial charge on any atom is -0.376 e. The average Bonchev–Trinajstić information content (AvgIpc) is 1.86. The number of ether oxygens (including phenoxy) is 1. The third kappa shape index (κ3) is 18.7. The third-order valence-corrected chi connectivity index (χ3v) is 1.28. The second-order valence-corrected chi connectivity index (χ2v) is 4.70. The molecule has 0 aromatic carbocycles. The monoisotopic (exact) mass is 189 g/mol. The lowest BCUT2D eigenvalue weighted by molar-refractivity contribution is -0.00938. The molecule has 0 bridgehead atoms. The van der Waals surface area contributed by atoms with Crippen molar-refractivity contribution in [2.45, 2.75) is 66.0 Å². The molecule has 2 nitrogen and oxygen atoms in total. The number of hydrogen-bond acceptors (Lipinski definition) is 2. The zero-order valence-corrected chi connectivity index (χ0v) is 10.4. The van der Waals surface area contributed by atoms with Gasteiger partial charge in [-0.05, 0) is 41.0 Å². The molecule has 2 heteroatoms. The average molecular weight is 189 g/mol. The molecule has 0 rings (SSSR count). The van der Waals surface area contributed by atoms with E-state index < -0.39 is 0 Å². The van der Waals surface area contributed by atoms with Crippen molar-refractivity contribution >= 4 is 0 Å². The quantitative estimate of drug-likeness (QED) is 0.741. The lowest BCUT2D eigenvalue weighted by atomic mass is 10.0. The molecule has 0 heterocycles. The summed E-state index contributed by atoms with van der Waals surface area (Å²) in [4.78, 5) is 0. The molecular weight excluding hydrogens is 162 g/mol. The molecule has 0 aliphatic heterocycles. The fourth-order valence-corrected chi connectivity index (χ4v) is 0.620. The Hall–Kier alpha value is -0.0800. The Morgan fingerprint density at radius 1 is 1.00 bits per heavy atom.